The fraction of sp³-hybridized carbons (Fsp3) is 0.364. The van der Waals surface area contributed by atoms with Crippen molar-refractivity contribution in [2.75, 3.05) is 23.7 Å². The van der Waals surface area contributed by atoms with Gasteiger partial charge in [-0.3, -0.25) is 0 Å². The lowest BCUT2D eigenvalue weighted by Crippen LogP contribution is -2.17. The summed E-state index contributed by atoms with van der Waals surface area (Å²) < 4.78 is 1.95. The van der Waals surface area contributed by atoms with Gasteiger partial charge in [-0.25, -0.2) is 4.98 Å². The molecule has 0 saturated carbocycles. The maximum Gasteiger partial charge on any atom is 0.149 e. The van der Waals surface area contributed by atoms with Gasteiger partial charge in [-0.05, 0) is 25.0 Å². The number of anilines is 2. The summed E-state index contributed by atoms with van der Waals surface area (Å²) in [5.41, 5.74) is 8.05. The van der Waals surface area contributed by atoms with Crippen molar-refractivity contribution in [3.63, 3.8) is 0 Å². The average Bonchev–Trinajstić information content (AvgIpc) is 2.88. The topological polar surface area (TPSA) is 46.6 Å². The van der Waals surface area contributed by atoms with Gasteiger partial charge in [0.25, 0.3) is 0 Å². The maximum absolute atomic E-state index is 5.79. The van der Waals surface area contributed by atoms with Gasteiger partial charge in [0, 0.05) is 25.0 Å². The van der Waals surface area contributed by atoms with Crippen LogP contribution in [0.1, 0.15) is 12.8 Å². The van der Waals surface area contributed by atoms with Crippen molar-refractivity contribution >= 4 is 17.0 Å². The molecule has 3 rings (SSSR count). The predicted molar refractivity (Wildman–Crippen MR) is 61.1 cm³/mol. The van der Waals surface area contributed by atoms with Crippen LogP contribution in [0.3, 0.4) is 0 Å². The van der Waals surface area contributed by atoms with E-state index in [4.69, 9.17) is 5.73 Å². The fourth-order valence-corrected chi connectivity index (χ4v) is 2.17. The Bertz CT molecular complexity index is 482. The van der Waals surface area contributed by atoms with E-state index in [9.17, 15) is 0 Å². The third-order valence-corrected chi connectivity index (χ3v) is 3.02. The molecule has 0 spiro atoms. The van der Waals surface area contributed by atoms with Gasteiger partial charge in [-0.1, -0.05) is 0 Å². The molecular weight excluding hydrogens is 188 g/mol. The van der Waals surface area contributed by atoms with Gasteiger partial charge in [0.15, 0.2) is 0 Å². The third kappa shape index (κ3) is 1.33. The molecular formula is C11H14N4. The van der Waals surface area contributed by atoms with Crippen molar-refractivity contribution in [1.29, 1.82) is 0 Å². The minimum Gasteiger partial charge on any atom is -0.382 e. The molecule has 1 aliphatic heterocycles. The quantitative estimate of drug-likeness (QED) is 0.762. The largest absolute Gasteiger partial charge is 0.382 e. The molecule has 0 aliphatic carbocycles. The molecule has 0 radical (unpaired) electrons. The summed E-state index contributed by atoms with van der Waals surface area (Å²) in [7, 11) is 0. The molecule has 78 valence electrons. The summed E-state index contributed by atoms with van der Waals surface area (Å²) >= 11 is 0. The first-order valence-corrected chi connectivity index (χ1v) is 5.32. The molecule has 0 amide bonds. The van der Waals surface area contributed by atoms with Gasteiger partial charge in [-0.2, -0.15) is 0 Å². The van der Waals surface area contributed by atoms with Crippen LogP contribution in [0.2, 0.25) is 0 Å². The smallest absolute Gasteiger partial charge is 0.149 e. The molecule has 0 bridgehead atoms. The molecule has 0 unspecified atom stereocenters. The van der Waals surface area contributed by atoms with Gasteiger partial charge < -0.3 is 15.0 Å². The van der Waals surface area contributed by atoms with Gasteiger partial charge in [0.2, 0.25) is 0 Å². The number of rotatable bonds is 1. The summed E-state index contributed by atoms with van der Waals surface area (Å²) in [5, 5.41) is 0. The Morgan fingerprint density at radius 1 is 1.27 bits per heavy atom. The molecule has 4 nitrogen and oxygen atoms in total. The van der Waals surface area contributed by atoms with Crippen molar-refractivity contribution < 1.29 is 0 Å². The number of hydrogen-bond acceptors (Lipinski definition) is 3. The molecule has 1 aliphatic rings. The van der Waals surface area contributed by atoms with Crippen molar-refractivity contribution in [2.45, 2.75) is 12.8 Å². The first kappa shape index (κ1) is 8.59. The first-order valence-electron chi connectivity index (χ1n) is 5.32. The molecule has 3 heterocycles. The SMILES string of the molecule is Nc1ncn2ccc(N3CCCC3)cc12. The molecule has 1 saturated heterocycles. The van der Waals surface area contributed by atoms with Crippen LogP contribution in [-0.2, 0) is 0 Å². The van der Waals surface area contributed by atoms with Crippen LogP contribution in [-0.4, -0.2) is 22.5 Å². The Labute approximate surface area is 88.3 Å². The van der Waals surface area contributed by atoms with E-state index in [1.165, 1.54) is 18.5 Å². The second-order valence-corrected chi connectivity index (χ2v) is 4.00. The number of nitrogen functional groups attached to an aromatic ring is 1. The Balaban J connectivity index is 2.08. The maximum atomic E-state index is 5.79. The summed E-state index contributed by atoms with van der Waals surface area (Å²) in [6, 6.07) is 4.24. The molecule has 0 atom stereocenters. The lowest BCUT2D eigenvalue weighted by atomic mass is 10.3. The number of fused-ring (bicyclic) bond motifs is 1. The van der Waals surface area contributed by atoms with Crippen LogP contribution in [0.4, 0.5) is 11.5 Å². The third-order valence-electron chi connectivity index (χ3n) is 3.02. The van der Waals surface area contributed by atoms with E-state index >= 15 is 0 Å². The van der Waals surface area contributed by atoms with E-state index in [-0.39, 0.29) is 0 Å². The first-order chi connectivity index (χ1) is 7.34. The van der Waals surface area contributed by atoms with Crippen molar-refractivity contribution in [3.8, 4) is 0 Å². The standard InChI is InChI=1S/C11H14N4/c12-11-10-7-9(14-4-1-2-5-14)3-6-15(10)8-13-11/h3,6-8H,1-2,4-5,12H2. The van der Waals surface area contributed by atoms with Gasteiger partial charge in [0.05, 0.1) is 5.52 Å². The van der Waals surface area contributed by atoms with Crippen LogP contribution in [0, 0.1) is 0 Å². The second kappa shape index (κ2) is 3.15. The lowest BCUT2D eigenvalue weighted by molar-refractivity contribution is 0.949. The Morgan fingerprint density at radius 3 is 2.87 bits per heavy atom. The van der Waals surface area contributed by atoms with Crippen LogP contribution in [0.5, 0.6) is 0 Å². The second-order valence-electron chi connectivity index (χ2n) is 4.00. The van der Waals surface area contributed by atoms with E-state index in [0.717, 1.165) is 18.6 Å². The number of pyridine rings is 1. The van der Waals surface area contributed by atoms with E-state index in [0.29, 0.717) is 5.82 Å². The molecule has 2 N–H and O–H groups in total. The van der Waals surface area contributed by atoms with E-state index in [1.807, 2.05) is 10.6 Å². The van der Waals surface area contributed by atoms with Crippen molar-refractivity contribution in [3.05, 3.63) is 24.7 Å². The number of imidazole rings is 1. The summed E-state index contributed by atoms with van der Waals surface area (Å²) in [6.07, 6.45) is 6.35. The minimum absolute atomic E-state index is 0.607. The van der Waals surface area contributed by atoms with Crippen LogP contribution < -0.4 is 10.6 Å². The average molecular weight is 202 g/mol. The number of nitrogens with two attached hydrogens (primary N) is 1. The van der Waals surface area contributed by atoms with Gasteiger partial charge >= 0.3 is 0 Å². The minimum atomic E-state index is 0.607. The summed E-state index contributed by atoms with van der Waals surface area (Å²) in [6.45, 7) is 2.31. The van der Waals surface area contributed by atoms with Crippen molar-refractivity contribution in [1.82, 2.24) is 9.38 Å². The molecule has 2 aromatic rings. The lowest BCUT2D eigenvalue weighted by Gasteiger charge is -2.17. The molecule has 0 aromatic carbocycles. The Morgan fingerprint density at radius 2 is 2.07 bits per heavy atom. The normalized spacial score (nSPS) is 16.4. The number of hydrogen-bond donors (Lipinski definition) is 1. The molecule has 15 heavy (non-hydrogen) atoms. The van der Waals surface area contributed by atoms with Crippen LogP contribution in [0.25, 0.3) is 5.52 Å². The van der Waals surface area contributed by atoms with Crippen molar-refractivity contribution in [2.24, 2.45) is 0 Å². The van der Waals surface area contributed by atoms with E-state index < -0.39 is 0 Å². The van der Waals surface area contributed by atoms with Crippen LogP contribution >= 0.6 is 0 Å². The van der Waals surface area contributed by atoms with E-state index in [2.05, 4.69) is 22.0 Å². The highest BCUT2D eigenvalue weighted by Crippen LogP contribution is 2.23. The zero-order chi connectivity index (χ0) is 10.3. The highest BCUT2D eigenvalue weighted by Gasteiger charge is 2.13. The number of aromatic nitrogens is 2. The summed E-state index contributed by atoms with van der Waals surface area (Å²) in [4.78, 5) is 6.48. The molecule has 4 heteroatoms. The highest BCUT2D eigenvalue weighted by molar-refractivity contribution is 5.71. The fourth-order valence-electron chi connectivity index (χ4n) is 2.17. The van der Waals surface area contributed by atoms with Crippen LogP contribution in [0.15, 0.2) is 24.7 Å². The summed E-state index contributed by atoms with van der Waals surface area (Å²) in [5.74, 6) is 0.607. The zero-order valence-electron chi connectivity index (χ0n) is 8.56. The predicted octanol–water partition coefficient (Wildman–Crippen LogP) is 1.52. The molecule has 1 fully saturated rings. The van der Waals surface area contributed by atoms with E-state index in [1.54, 1.807) is 6.33 Å². The monoisotopic (exact) mass is 202 g/mol. The number of nitrogens with zero attached hydrogens (tertiary/aromatic N) is 3. The zero-order valence-corrected chi connectivity index (χ0v) is 8.56. The Kier molecular flexibility index (Phi) is 1.80. The van der Waals surface area contributed by atoms with Gasteiger partial charge in [0.1, 0.15) is 12.1 Å². The van der Waals surface area contributed by atoms with Gasteiger partial charge in [-0.15, -0.1) is 0 Å². The Hall–Kier alpha value is -1.71. The molecule has 2 aromatic heterocycles. The highest BCUT2D eigenvalue weighted by atomic mass is 15.1.